The summed E-state index contributed by atoms with van der Waals surface area (Å²) >= 11 is 1.52. The Labute approximate surface area is 156 Å². The number of nitrogens with one attached hydrogen (secondary N) is 2. The highest BCUT2D eigenvalue weighted by atomic mass is 32.2. The summed E-state index contributed by atoms with van der Waals surface area (Å²) in [4.78, 5) is 16.5. The molecule has 1 heterocycles. The van der Waals surface area contributed by atoms with Crippen LogP contribution in [0.3, 0.4) is 0 Å². The summed E-state index contributed by atoms with van der Waals surface area (Å²) in [5.74, 6) is -0.267. The largest absolute Gasteiger partial charge is 0.326 e. The number of amides is 1. The van der Waals surface area contributed by atoms with E-state index in [2.05, 4.69) is 15.0 Å². The van der Waals surface area contributed by atoms with E-state index in [-0.39, 0.29) is 23.8 Å². The van der Waals surface area contributed by atoms with E-state index in [4.69, 9.17) is 0 Å². The van der Waals surface area contributed by atoms with Gasteiger partial charge in [0.15, 0.2) is 0 Å². The van der Waals surface area contributed by atoms with Crippen LogP contribution in [0.2, 0.25) is 0 Å². The van der Waals surface area contributed by atoms with Crippen molar-refractivity contribution in [3.63, 3.8) is 0 Å². The molecule has 0 aliphatic rings. The highest BCUT2D eigenvalue weighted by molar-refractivity contribution is 7.89. The number of nitrogens with zero attached hydrogens (tertiary/aromatic N) is 1. The van der Waals surface area contributed by atoms with Crippen LogP contribution in [0.25, 0.3) is 10.6 Å². The lowest BCUT2D eigenvalue weighted by molar-refractivity contribution is -0.116. The molecule has 3 aromatic rings. The Morgan fingerprint density at radius 3 is 2.62 bits per heavy atom. The van der Waals surface area contributed by atoms with Gasteiger partial charge in [0.25, 0.3) is 0 Å². The molecule has 2 aromatic carbocycles. The van der Waals surface area contributed by atoms with Crippen LogP contribution in [-0.2, 0) is 14.8 Å². The molecule has 0 saturated carbocycles. The molecular formula is C18H17N3O3S2. The number of hydrogen-bond donors (Lipinski definition) is 2. The molecule has 6 nitrogen and oxygen atoms in total. The summed E-state index contributed by atoms with van der Waals surface area (Å²) in [5, 5.41) is 5.53. The van der Waals surface area contributed by atoms with Crippen LogP contribution in [0, 0.1) is 0 Å². The van der Waals surface area contributed by atoms with Crippen molar-refractivity contribution < 1.29 is 13.2 Å². The van der Waals surface area contributed by atoms with E-state index in [0.29, 0.717) is 5.69 Å². The Hall–Kier alpha value is -2.55. The topological polar surface area (TPSA) is 88.2 Å². The third kappa shape index (κ3) is 4.75. The maximum atomic E-state index is 12.1. The number of anilines is 1. The van der Waals surface area contributed by atoms with Gasteiger partial charge < -0.3 is 5.32 Å². The molecule has 0 atom stereocenters. The standard InChI is InChI=1S/C18H17N3O3S2/c22-17(9-10-20-26(23,24)16-7-2-1-3-8-16)21-15-6-4-5-14(13-15)18-19-11-12-25-18/h1-8,11-13,20H,9-10H2,(H,21,22). The van der Waals surface area contributed by atoms with Crippen molar-refractivity contribution in [1.29, 1.82) is 0 Å². The average Bonchev–Trinajstić information content (AvgIpc) is 3.17. The van der Waals surface area contributed by atoms with Gasteiger partial charge in [-0.3, -0.25) is 4.79 Å². The number of aromatic nitrogens is 1. The van der Waals surface area contributed by atoms with E-state index in [1.165, 1.54) is 23.5 Å². The zero-order valence-electron chi connectivity index (χ0n) is 13.8. The van der Waals surface area contributed by atoms with Crippen molar-refractivity contribution in [3.05, 3.63) is 66.2 Å². The molecule has 0 saturated heterocycles. The molecule has 26 heavy (non-hydrogen) atoms. The van der Waals surface area contributed by atoms with Gasteiger partial charge in [0.05, 0.1) is 4.90 Å². The van der Waals surface area contributed by atoms with E-state index >= 15 is 0 Å². The number of carbonyl (C=O) groups excluding carboxylic acids is 1. The fourth-order valence-corrected chi connectivity index (χ4v) is 3.99. The van der Waals surface area contributed by atoms with Crippen LogP contribution in [0.5, 0.6) is 0 Å². The highest BCUT2D eigenvalue weighted by Gasteiger charge is 2.13. The van der Waals surface area contributed by atoms with Crippen molar-refractivity contribution in [2.75, 3.05) is 11.9 Å². The van der Waals surface area contributed by atoms with Crippen molar-refractivity contribution in [2.24, 2.45) is 0 Å². The molecule has 0 fully saturated rings. The smallest absolute Gasteiger partial charge is 0.240 e. The molecule has 134 valence electrons. The van der Waals surface area contributed by atoms with E-state index < -0.39 is 10.0 Å². The lowest BCUT2D eigenvalue weighted by Crippen LogP contribution is -2.27. The number of benzene rings is 2. The van der Waals surface area contributed by atoms with Gasteiger partial charge in [-0.15, -0.1) is 11.3 Å². The van der Waals surface area contributed by atoms with Crippen LogP contribution < -0.4 is 10.0 Å². The molecule has 0 aliphatic heterocycles. The number of thiazole rings is 1. The molecule has 1 aromatic heterocycles. The lowest BCUT2D eigenvalue weighted by atomic mass is 10.2. The van der Waals surface area contributed by atoms with Gasteiger partial charge in [0, 0.05) is 35.8 Å². The fraction of sp³-hybridized carbons (Fsp3) is 0.111. The Bertz CT molecular complexity index is 972. The molecule has 8 heteroatoms. The predicted octanol–water partition coefficient (Wildman–Crippen LogP) is 3.12. The first-order chi connectivity index (χ1) is 12.5. The summed E-state index contributed by atoms with van der Waals surface area (Å²) in [7, 11) is -3.60. The van der Waals surface area contributed by atoms with E-state index in [9.17, 15) is 13.2 Å². The second-order valence-electron chi connectivity index (χ2n) is 5.43. The minimum absolute atomic E-state index is 0.0230. The first-order valence-corrected chi connectivity index (χ1v) is 10.3. The minimum atomic E-state index is -3.60. The monoisotopic (exact) mass is 387 g/mol. The second-order valence-corrected chi connectivity index (χ2v) is 8.09. The molecule has 0 bridgehead atoms. The normalized spacial score (nSPS) is 11.2. The Balaban J connectivity index is 1.54. The molecule has 0 aliphatic carbocycles. The van der Waals surface area contributed by atoms with E-state index in [1.54, 1.807) is 30.5 Å². The minimum Gasteiger partial charge on any atom is -0.326 e. The summed E-state index contributed by atoms with van der Waals surface area (Å²) < 4.78 is 26.6. The molecule has 0 spiro atoms. The van der Waals surface area contributed by atoms with Crippen LogP contribution in [0.4, 0.5) is 5.69 Å². The van der Waals surface area contributed by atoms with Crippen LogP contribution in [0.15, 0.2) is 71.1 Å². The average molecular weight is 387 g/mol. The Morgan fingerprint density at radius 2 is 1.88 bits per heavy atom. The predicted molar refractivity (Wildman–Crippen MR) is 102 cm³/mol. The zero-order valence-corrected chi connectivity index (χ0v) is 15.4. The first kappa shape index (κ1) is 18.2. The van der Waals surface area contributed by atoms with Crippen LogP contribution in [0.1, 0.15) is 6.42 Å². The Kier molecular flexibility index (Phi) is 5.77. The summed E-state index contributed by atoms with van der Waals surface area (Å²) in [6.07, 6.45) is 1.76. The Morgan fingerprint density at radius 1 is 1.08 bits per heavy atom. The van der Waals surface area contributed by atoms with Gasteiger partial charge in [-0.25, -0.2) is 18.1 Å². The van der Waals surface area contributed by atoms with Crippen LogP contribution >= 0.6 is 11.3 Å². The van der Waals surface area contributed by atoms with E-state index in [0.717, 1.165) is 10.6 Å². The maximum Gasteiger partial charge on any atom is 0.240 e. The van der Waals surface area contributed by atoms with Gasteiger partial charge in [0.2, 0.25) is 15.9 Å². The third-order valence-electron chi connectivity index (χ3n) is 3.52. The molecule has 3 rings (SSSR count). The zero-order chi connectivity index (χ0) is 18.4. The first-order valence-electron chi connectivity index (χ1n) is 7.89. The number of sulfonamides is 1. The summed E-state index contributed by atoms with van der Waals surface area (Å²) in [5.41, 5.74) is 1.57. The second kappa shape index (κ2) is 8.22. The summed E-state index contributed by atoms with van der Waals surface area (Å²) in [6.45, 7) is 0.0230. The number of hydrogen-bond acceptors (Lipinski definition) is 5. The van der Waals surface area contributed by atoms with Gasteiger partial charge in [-0.2, -0.15) is 0 Å². The SMILES string of the molecule is O=C(CCNS(=O)(=O)c1ccccc1)Nc1cccc(-c2nccs2)c1. The third-order valence-corrected chi connectivity index (χ3v) is 5.82. The van der Waals surface area contributed by atoms with Gasteiger partial charge in [-0.05, 0) is 24.3 Å². The van der Waals surface area contributed by atoms with Crippen molar-refractivity contribution in [2.45, 2.75) is 11.3 Å². The molecule has 1 amide bonds. The lowest BCUT2D eigenvalue weighted by Gasteiger charge is -2.08. The fourth-order valence-electron chi connectivity index (χ4n) is 2.30. The quantitative estimate of drug-likeness (QED) is 0.652. The molecule has 0 radical (unpaired) electrons. The number of rotatable bonds is 7. The van der Waals surface area contributed by atoms with Crippen molar-refractivity contribution in [3.8, 4) is 10.6 Å². The maximum absolute atomic E-state index is 12.1. The van der Waals surface area contributed by atoms with Crippen molar-refractivity contribution in [1.82, 2.24) is 9.71 Å². The molecule has 0 unspecified atom stereocenters. The van der Waals surface area contributed by atoms with Gasteiger partial charge >= 0.3 is 0 Å². The van der Waals surface area contributed by atoms with Crippen LogP contribution in [-0.4, -0.2) is 25.9 Å². The van der Waals surface area contributed by atoms with Gasteiger partial charge in [-0.1, -0.05) is 30.3 Å². The van der Waals surface area contributed by atoms with Crippen molar-refractivity contribution >= 4 is 33.0 Å². The van der Waals surface area contributed by atoms with Gasteiger partial charge in [0.1, 0.15) is 5.01 Å². The molecule has 2 N–H and O–H groups in total. The molecular weight excluding hydrogens is 370 g/mol. The summed E-state index contributed by atoms with van der Waals surface area (Å²) in [6, 6.07) is 15.4. The van der Waals surface area contributed by atoms with E-state index in [1.807, 2.05) is 23.6 Å². The number of carbonyl (C=O) groups is 1. The highest BCUT2D eigenvalue weighted by Crippen LogP contribution is 2.24.